The lowest BCUT2D eigenvalue weighted by Crippen LogP contribution is -2.59. The molecule has 3 saturated heterocycles. The Morgan fingerprint density at radius 1 is 1.25 bits per heavy atom. The number of carbonyl (C=O) groups is 1. The summed E-state index contributed by atoms with van der Waals surface area (Å²) in [6.07, 6.45) is 2.31. The molecule has 4 aliphatic heterocycles. The molecule has 1 aromatic carbocycles. The van der Waals surface area contributed by atoms with Crippen LogP contribution in [0.4, 0.5) is 4.39 Å². The number of fused-ring (bicyclic) bond motifs is 3. The lowest BCUT2D eigenvalue weighted by molar-refractivity contribution is 0.00360. The lowest BCUT2D eigenvalue weighted by atomic mass is 9.82. The van der Waals surface area contributed by atoms with Crippen LogP contribution in [0.3, 0.4) is 0 Å². The first-order chi connectivity index (χ1) is 11.1. The summed E-state index contributed by atoms with van der Waals surface area (Å²) in [6.45, 7) is 3.77. The Labute approximate surface area is 145 Å². The number of benzene rings is 1. The summed E-state index contributed by atoms with van der Waals surface area (Å²) in [5, 5.41) is 5.38. The Morgan fingerprint density at radius 3 is 2.67 bits per heavy atom. The SMILES string of the molecule is Cl.Cn1nc2c3c(cc(F)cc31)C(=O)N([C@H]1CN3CCC1CC3)C2. The van der Waals surface area contributed by atoms with E-state index in [1.54, 1.807) is 4.68 Å². The number of carbonyl (C=O) groups excluding carboxylic acids is 1. The molecule has 0 saturated carbocycles. The van der Waals surface area contributed by atoms with E-state index in [1.165, 1.54) is 12.1 Å². The lowest BCUT2D eigenvalue weighted by Gasteiger charge is -2.49. The summed E-state index contributed by atoms with van der Waals surface area (Å²) in [5.41, 5.74) is 2.08. The second kappa shape index (κ2) is 5.43. The fourth-order valence-corrected chi connectivity index (χ4v) is 4.66. The largest absolute Gasteiger partial charge is 0.328 e. The normalized spacial score (nSPS) is 28.3. The molecule has 0 unspecified atom stereocenters. The van der Waals surface area contributed by atoms with E-state index < -0.39 is 0 Å². The van der Waals surface area contributed by atoms with Gasteiger partial charge in [-0.05, 0) is 44.0 Å². The maximum atomic E-state index is 14.0. The van der Waals surface area contributed by atoms with Crippen LogP contribution in [0.1, 0.15) is 28.9 Å². The molecular formula is C17H20ClFN4O. The summed E-state index contributed by atoms with van der Waals surface area (Å²) in [5.74, 6) is 0.165. The first-order valence-electron chi connectivity index (χ1n) is 8.30. The second-order valence-corrected chi connectivity index (χ2v) is 7.06. The van der Waals surface area contributed by atoms with Crippen molar-refractivity contribution in [2.24, 2.45) is 13.0 Å². The van der Waals surface area contributed by atoms with Gasteiger partial charge in [-0.15, -0.1) is 12.4 Å². The van der Waals surface area contributed by atoms with Crippen LogP contribution in [-0.2, 0) is 13.6 Å². The van der Waals surface area contributed by atoms with Crippen LogP contribution in [0.2, 0.25) is 0 Å². The molecule has 0 N–H and O–H groups in total. The predicted molar refractivity (Wildman–Crippen MR) is 90.7 cm³/mol. The fraction of sp³-hybridized carbons (Fsp3) is 0.529. The molecule has 1 atom stereocenters. The Kier molecular flexibility index (Phi) is 3.58. The number of hydrogen-bond donors (Lipinski definition) is 0. The number of amides is 1. The van der Waals surface area contributed by atoms with Crippen molar-refractivity contribution in [1.82, 2.24) is 19.6 Å². The summed E-state index contributed by atoms with van der Waals surface area (Å²) in [6, 6.07) is 3.08. The molecular weight excluding hydrogens is 331 g/mol. The summed E-state index contributed by atoms with van der Waals surface area (Å²) < 4.78 is 15.7. The van der Waals surface area contributed by atoms with Gasteiger partial charge in [-0.3, -0.25) is 9.48 Å². The quantitative estimate of drug-likeness (QED) is 0.791. The van der Waals surface area contributed by atoms with Gasteiger partial charge in [0.25, 0.3) is 5.91 Å². The number of halogens is 2. The smallest absolute Gasteiger partial charge is 0.255 e. The van der Waals surface area contributed by atoms with Gasteiger partial charge in [0.05, 0.1) is 23.3 Å². The highest BCUT2D eigenvalue weighted by molar-refractivity contribution is 6.09. The zero-order valence-electron chi connectivity index (χ0n) is 13.5. The van der Waals surface area contributed by atoms with E-state index in [2.05, 4.69) is 10.00 Å². The summed E-state index contributed by atoms with van der Waals surface area (Å²) >= 11 is 0. The van der Waals surface area contributed by atoms with Gasteiger partial charge in [-0.1, -0.05) is 0 Å². The van der Waals surface area contributed by atoms with Crippen molar-refractivity contribution >= 4 is 29.2 Å². The molecule has 1 amide bonds. The van der Waals surface area contributed by atoms with Crippen LogP contribution in [0.25, 0.3) is 10.9 Å². The molecule has 5 nitrogen and oxygen atoms in total. The van der Waals surface area contributed by atoms with Gasteiger partial charge >= 0.3 is 0 Å². The predicted octanol–water partition coefficient (Wildman–Crippen LogP) is 2.18. The average Bonchev–Trinajstić information content (AvgIpc) is 2.88. The van der Waals surface area contributed by atoms with Crippen LogP contribution in [-0.4, -0.2) is 51.2 Å². The monoisotopic (exact) mass is 350 g/mol. The minimum atomic E-state index is -0.369. The van der Waals surface area contributed by atoms with E-state index in [4.69, 9.17) is 0 Å². The molecule has 0 radical (unpaired) electrons. The number of aryl methyl sites for hydroxylation is 1. The van der Waals surface area contributed by atoms with Gasteiger partial charge in [0, 0.05) is 25.0 Å². The van der Waals surface area contributed by atoms with Gasteiger partial charge in [-0.2, -0.15) is 5.10 Å². The molecule has 7 heteroatoms. The number of rotatable bonds is 1. The Morgan fingerprint density at radius 2 is 2.00 bits per heavy atom. The van der Waals surface area contributed by atoms with Crippen LogP contribution in [0.15, 0.2) is 12.1 Å². The number of piperidine rings is 3. The molecule has 0 spiro atoms. The van der Waals surface area contributed by atoms with E-state index in [-0.39, 0.29) is 30.2 Å². The fourth-order valence-electron chi connectivity index (χ4n) is 4.66. The van der Waals surface area contributed by atoms with E-state index in [1.807, 2.05) is 11.9 Å². The third-order valence-corrected chi connectivity index (χ3v) is 5.82. The Bertz CT molecular complexity index is 828. The van der Waals surface area contributed by atoms with Crippen molar-refractivity contribution in [1.29, 1.82) is 0 Å². The van der Waals surface area contributed by atoms with E-state index in [0.29, 0.717) is 23.5 Å². The van der Waals surface area contributed by atoms with Gasteiger partial charge in [-0.25, -0.2) is 4.39 Å². The summed E-state index contributed by atoms with van der Waals surface area (Å²) in [4.78, 5) is 17.4. The molecule has 5 heterocycles. The second-order valence-electron chi connectivity index (χ2n) is 7.06. The molecule has 0 aliphatic carbocycles. The van der Waals surface area contributed by atoms with Crippen LogP contribution < -0.4 is 0 Å². The van der Waals surface area contributed by atoms with Crippen molar-refractivity contribution in [3.05, 3.63) is 29.2 Å². The Hall–Kier alpha value is -1.66. The molecule has 128 valence electrons. The molecule has 2 bridgehead atoms. The van der Waals surface area contributed by atoms with E-state index >= 15 is 0 Å². The number of aromatic nitrogens is 2. The zero-order valence-corrected chi connectivity index (χ0v) is 14.4. The first kappa shape index (κ1) is 15.8. The number of nitrogens with zero attached hydrogens (tertiary/aromatic N) is 4. The molecule has 24 heavy (non-hydrogen) atoms. The highest BCUT2D eigenvalue weighted by atomic mass is 35.5. The number of hydrogen-bond acceptors (Lipinski definition) is 3. The molecule has 4 aliphatic rings. The standard InChI is InChI=1S/C17H19FN4O.ClH/c1-20-14-7-11(18)6-12-16(14)13(19-20)8-22(17(12)23)15-9-21-4-2-10(15)3-5-21;/h6-7,10,15H,2-5,8-9H2,1H3;1H/t15-;/m0./s1. The third kappa shape index (κ3) is 2.09. The first-order valence-corrected chi connectivity index (χ1v) is 8.30. The van der Waals surface area contributed by atoms with Gasteiger partial charge in [0.1, 0.15) is 5.82 Å². The van der Waals surface area contributed by atoms with E-state index in [9.17, 15) is 9.18 Å². The average molecular weight is 351 g/mol. The maximum Gasteiger partial charge on any atom is 0.255 e. The van der Waals surface area contributed by atoms with Gasteiger partial charge in [0.15, 0.2) is 0 Å². The van der Waals surface area contributed by atoms with E-state index in [0.717, 1.165) is 43.6 Å². The third-order valence-electron chi connectivity index (χ3n) is 5.82. The van der Waals surface area contributed by atoms with Gasteiger partial charge in [0.2, 0.25) is 0 Å². The van der Waals surface area contributed by atoms with Crippen molar-refractivity contribution < 1.29 is 9.18 Å². The van der Waals surface area contributed by atoms with Crippen molar-refractivity contribution in [3.8, 4) is 0 Å². The maximum absolute atomic E-state index is 14.0. The van der Waals surface area contributed by atoms with Crippen molar-refractivity contribution in [2.75, 3.05) is 19.6 Å². The molecule has 2 aromatic rings. The van der Waals surface area contributed by atoms with Crippen LogP contribution in [0, 0.1) is 11.7 Å². The van der Waals surface area contributed by atoms with Crippen LogP contribution >= 0.6 is 12.4 Å². The molecule has 3 fully saturated rings. The highest BCUT2D eigenvalue weighted by Gasteiger charge is 2.42. The highest BCUT2D eigenvalue weighted by Crippen LogP contribution is 2.37. The minimum absolute atomic E-state index is 0. The molecule has 6 rings (SSSR count). The van der Waals surface area contributed by atoms with Gasteiger partial charge < -0.3 is 9.80 Å². The summed E-state index contributed by atoms with van der Waals surface area (Å²) in [7, 11) is 1.81. The Balaban J connectivity index is 0.00000146. The zero-order chi connectivity index (χ0) is 15.7. The van der Waals surface area contributed by atoms with Crippen molar-refractivity contribution in [3.63, 3.8) is 0 Å². The minimum Gasteiger partial charge on any atom is -0.328 e. The van der Waals surface area contributed by atoms with Crippen LogP contribution in [0.5, 0.6) is 0 Å². The molecule has 1 aromatic heterocycles. The van der Waals surface area contributed by atoms with Crippen molar-refractivity contribution in [2.45, 2.75) is 25.4 Å². The topological polar surface area (TPSA) is 41.4 Å².